The lowest BCUT2D eigenvalue weighted by atomic mass is 10.1. The number of rotatable bonds is 9. The van der Waals surface area contributed by atoms with E-state index < -0.39 is 0 Å². The molecule has 1 aromatic heterocycles. The Morgan fingerprint density at radius 1 is 1.03 bits per heavy atom. The Morgan fingerprint density at radius 2 is 1.77 bits per heavy atom. The first-order valence-electron chi connectivity index (χ1n) is 10.2. The molecule has 1 N–H and O–H groups in total. The zero-order valence-electron chi connectivity index (χ0n) is 17.9. The van der Waals surface area contributed by atoms with Gasteiger partial charge in [0.2, 0.25) is 5.91 Å². The first-order chi connectivity index (χ1) is 14.5. The number of carbonyl (C=O) groups excluding carboxylic acids is 1. The zero-order chi connectivity index (χ0) is 21.3. The fourth-order valence-corrected chi connectivity index (χ4v) is 4.02. The van der Waals surface area contributed by atoms with E-state index in [-0.39, 0.29) is 5.91 Å². The quantitative estimate of drug-likeness (QED) is 0.396. The molecule has 5 heteroatoms. The first kappa shape index (κ1) is 21.9. The van der Waals surface area contributed by atoms with E-state index in [0.717, 1.165) is 35.0 Å². The second kappa shape index (κ2) is 10.8. The molecule has 2 aromatic carbocycles. The minimum atomic E-state index is -0.0691. The fraction of sp³-hybridized carbons (Fsp3) is 0.280. The number of nitrogens with one attached hydrogen (secondary N) is 1. The molecule has 0 unspecified atom stereocenters. The summed E-state index contributed by atoms with van der Waals surface area (Å²) in [7, 11) is 0. The lowest BCUT2D eigenvalue weighted by Crippen LogP contribution is -2.23. The number of nitrogens with zero attached hydrogens (tertiary/aromatic N) is 2. The molecule has 0 fully saturated rings. The molecule has 156 valence electrons. The van der Waals surface area contributed by atoms with E-state index in [1.807, 2.05) is 42.4 Å². The van der Waals surface area contributed by atoms with Crippen LogP contribution in [0.25, 0.3) is 6.08 Å². The van der Waals surface area contributed by atoms with Crippen LogP contribution in [0.15, 0.2) is 60.7 Å². The Balaban J connectivity index is 1.48. The maximum atomic E-state index is 12.2. The van der Waals surface area contributed by atoms with Crippen LogP contribution in [-0.2, 0) is 17.1 Å². The molecule has 0 bridgehead atoms. The molecule has 0 aliphatic carbocycles. The summed E-state index contributed by atoms with van der Waals surface area (Å²) in [4.78, 5) is 12.2. The van der Waals surface area contributed by atoms with Gasteiger partial charge >= 0.3 is 0 Å². The van der Waals surface area contributed by atoms with Gasteiger partial charge in [0.05, 0.1) is 12.2 Å². The van der Waals surface area contributed by atoms with E-state index >= 15 is 0 Å². The van der Waals surface area contributed by atoms with Crippen LogP contribution < -0.4 is 5.32 Å². The number of hydrogen-bond donors (Lipinski definition) is 1. The number of amides is 1. The number of thioether (sulfide) groups is 1. The van der Waals surface area contributed by atoms with Crippen molar-refractivity contribution >= 4 is 23.7 Å². The van der Waals surface area contributed by atoms with Gasteiger partial charge in [-0.3, -0.25) is 9.48 Å². The molecule has 0 spiro atoms. The Bertz CT molecular complexity index is 991. The average molecular weight is 420 g/mol. The molecule has 0 saturated carbocycles. The number of aryl methyl sites for hydroxylation is 2. The Hall–Kier alpha value is -2.79. The van der Waals surface area contributed by atoms with Gasteiger partial charge in [0.25, 0.3) is 0 Å². The van der Waals surface area contributed by atoms with Crippen molar-refractivity contribution in [2.45, 2.75) is 33.1 Å². The highest BCUT2D eigenvalue weighted by atomic mass is 32.2. The molecule has 1 amide bonds. The molecule has 0 aliphatic rings. The van der Waals surface area contributed by atoms with Crippen LogP contribution >= 0.6 is 11.8 Å². The highest BCUT2D eigenvalue weighted by Gasteiger charge is 2.10. The standard InChI is InChI=1S/C25H29N3OS/c1-19-9-11-22(12-10-19)17-28-21(3)24(20(2)27-28)13-14-25(29)26-15-16-30-18-23-7-5-4-6-8-23/h4-14H,15-18H2,1-3H3,(H,26,29)/b14-13+. The highest BCUT2D eigenvalue weighted by Crippen LogP contribution is 2.17. The summed E-state index contributed by atoms with van der Waals surface area (Å²) >= 11 is 1.82. The molecule has 3 rings (SSSR count). The van der Waals surface area contributed by atoms with Crippen molar-refractivity contribution in [3.05, 3.63) is 94.3 Å². The second-order valence-electron chi connectivity index (χ2n) is 7.39. The monoisotopic (exact) mass is 419 g/mol. The van der Waals surface area contributed by atoms with Crippen molar-refractivity contribution in [1.82, 2.24) is 15.1 Å². The summed E-state index contributed by atoms with van der Waals surface area (Å²) in [6.07, 6.45) is 3.48. The van der Waals surface area contributed by atoms with Crippen molar-refractivity contribution in [3.8, 4) is 0 Å². The predicted octanol–water partition coefficient (Wildman–Crippen LogP) is 4.92. The number of carbonyl (C=O) groups is 1. The molecule has 1 heterocycles. The Labute approximate surface area is 183 Å². The van der Waals surface area contributed by atoms with Gasteiger partial charge in [-0.15, -0.1) is 0 Å². The molecule has 0 saturated heterocycles. The highest BCUT2D eigenvalue weighted by molar-refractivity contribution is 7.98. The van der Waals surface area contributed by atoms with Gasteiger partial charge in [-0.25, -0.2) is 0 Å². The first-order valence-corrected chi connectivity index (χ1v) is 11.4. The lowest BCUT2D eigenvalue weighted by molar-refractivity contribution is -0.116. The number of hydrogen-bond acceptors (Lipinski definition) is 3. The summed E-state index contributed by atoms with van der Waals surface area (Å²) < 4.78 is 2.00. The Morgan fingerprint density at radius 3 is 2.50 bits per heavy atom. The molecule has 0 atom stereocenters. The van der Waals surface area contributed by atoms with Gasteiger partial charge in [-0.2, -0.15) is 16.9 Å². The van der Waals surface area contributed by atoms with Crippen LogP contribution in [0, 0.1) is 20.8 Å². The van der Waals surface area contributed by atoms with Gasteiger partial charge in [-0.1, -0.05) is 60.2 Å². The van der Waals surface area contributed by atoms with Crippen LogP contribution in [0.4, 0.5) is 0 Å². The van der Waals surface area contributed by atoms with Crippen molar-refractivity contribution in [2.75, 3.05) is 12.3 Å². The van der Waals surface area contributed by atoms with E-state index in [0.29, 0.717) is 6.54 Å². The minimum absolute atomic E-state index is 0.0691. The molecule has 4 nitrogen and oxygen atoms in total. The van der Waals surface area contributed by atoms with Crippen LogP contribution in [0.1, 0.15) is 33.6 Å². The molecule has 0 radical (unpaired) electrons. The predicted molar refractivity (Wildman–Crippen MR) is 127 cm³/mol. The summed E-state index contributed by atoms with van der Waals surface area (Å²) in [5.41, 5.74) is 6.78. The normalized spacial score (nSPS) is 11.2. The van der Waals surface area contributed by atoms with Gasteiger partial charge in [0.15, 0.2) is 0 Å². The van der Waals surface area contributed by atoms with Crippen molar-refractivity contribution in [3.63, 3.8) is 0 Å². The van der Waals surface area contributed by atoms with Gasteiger partial charge < -0.3 is 5.32 Å². The lowest BCUT2D eigenvalue weighted by Gasteiger charge is -2.05. The van der Waals surface area contributed by atoms with Crippen LogP contribution in [0.2, 0.25) is 0 Å². The van der Waals surface area contributed by atoms with Gasteiger partial charge in [-0.05, 0) is 38.0 Å². The van der Waals surface area contributed by atoms with Gasteiger partial charge in [0, 0.05) is 35.4 Å². The molecule has 3 aromatic rings. The van der Waals surface area contributed by atoms with Crippen molar-refractivity contribution < 1.29 is 4.79 Å². The van der Waals surface area contributed by atoms with E-state index in [4.69, 9.17) is 0 Å². The maximum Gasteiger partial charge on any atom is 0.244 e. The summed E-state index contributed by atoms with van der Waals surface area (Å²) in [6, 6.07) is 18.9. The number of benzene rings is 2. The molecular formula is C25H29N3OS. The van der Waals surface area contributed by atoms with Crippen molar-refractivity contribution in [2.24, 2.45) is 0 Å². The molecule has 0 aliphatic heterocycles. The van der Waals surface area contributed by atoms with Crippen LogP contribution in [0.3, 0.4) is 0 Å². The third-order valence-corrected chi connectivity index (χ3v) is 5.98. The average Bonchev–Trinajstić information content (AvgIpc) is 3.01. The van der Waals surface area contributed by atoms with Crippen molar-refractivity contribution in [1.29, 1.82) is 0 Å². The van der Waals surface area contributed by atoms with E-state index in [1.165, 1.54) is 16.7 Å². The molecule has 30 heavy (non-hydrogen) atoms. The van der Waals surface area contributed by atoms with E-state index in [9.17, 15) is 4.79 Å². The van der Waals surface area contributed by atoms with Crippen LogP contribution in [-0.4, -0.2) is 28.0 Å². The second-order valence-corrected chi connectivity index (χ2v) is 8.50. The fourth-order valence-electron chi connectivity index (χ4n) is 3.20. The van der Waals surface area contributed by atoms with E-state index in [2.05, 4.69) is 65.9 Å². The Kier molecular flexibility index (Phi) is 7.91. The molecular weight excluding hydrogens is 390 g/mol. The topological polar surface area (TPSA) is 46.9 Å². The van der Waals surface area contributed by atoms with Gasteiger partial charge in [0.1, 0.15) is 0 Å². The zero-order valence-corrected chi connectivity index (χ0v) is 18.7. The summed E-state index contributed by atoms with van der Waals surface area (Å²) in [6.45, 7) is 7.50. The third-order valence-electron chi connectivity index (χ3n) is 4.95. The smallest absolute Gasteiger partial charge is 0.244 e. The maximum absolute atomic E-state index is 12.2. The summed E-state index contributed by atoms with van der Waals surface area (Å²) in [5.74, 6) is 1.78. The third kappa shape index (κ3) is 6.36. The summed E-state index contributed by atoms with van der Waals surface area (Å²) in [5, 5.41) is 7.61. The largest absolute Gasteiger partial charge is 0.352 e. The van der Waals surface area contributed by atoms with E-state index in [1.54, 1.807) is 6.08 Å². The number of aromatic nitrogens is 2. The minimum Gasteiger partial charge on any atom is -0.352 e. The SMILES string of the molecule is Cc1ccc(Cn2nc(C)c(/C=C/C(=O)NCCSCc3ccccc3)c2C)cc1. The van der Waals surface area contributed by atoms with Crippen LogP contribution in [0.5, 0.6) is 0 Å².